The third kappa shape index (κ3) is 7.40. The zero-order valence-corrected chi connectivity index (χ0v) is 16.2. The highest BCUT2D eigenvalue weighted by atomic mass is 16.5. The van der Waals surface area contributed by atoms with Gasteiger partial charge in [-0.3, -0.25) is 9.79 Å². The molecule has 27 heavy (non-hydrogen) atoms. The summed E-state index contributed by atoms with van der Waals surface area (Å²) in [4.78, 5) is 15.7. The molecule has 2 aromatic rings. The van der Waals surface area contributed by atoms with Crippen LogP contribution in [0.2, 0.25) is 0 Å². The minimum Gasteiger partial charge on any atom is -0.484 e. The highest BCUT2D eigenvalue weighted by Gasteiger charge is 2.03. The Morgan fingerprint density at radius 3 is 2.37 bits per heavy atom. The molecule has 0 aliphatic rings. The number of aryl methyl sites for hydroxylation is 1. The molecule has 0 aromatic heterocycles. The van der Waals surface area contributed by atoms with Crippen LogP contribution < -0.4 is 20.7 Å². The topological polar surface area (TPSA) is 74.8 Å². The number of carbonyl (C=O) groups is 1. The van der Waals surface area contributed by atoms with E-state index >= 15 is 0 Å². The van der Waals surface area contributed by atoms with E-state index < -0.39 is 0 Å². The molecule has 0 fully saturated rings. The third-order valence-electron chi connectivity index (χ3n) is 3.91. The van der Waals surface area contributed by atoms with Crippen molar-refractivity contribution in [3.63, 3.8) is 0 Å². The van der Waals surface area contributed by atoms with Gasteiger partial charge in [0.05, 0.1) is 0 Å². The van der Waals surface area contributed by atoms with E-state index in [-0.39, 0.29) is 12.5 Å². The number of amides is 1. The molecule has 0 atom stereocenters. The monoisotopic (exact) mass is 368 g/mol. The first-order valence-electron chi connectivity index (χ1n) is 9.09. The fourth-order valence-electron chi connectivity index (χ4n) is 2.44. The smallest absolute Gasteiger partial charge is 0.257 e. The van der Waals surface area contributed by atoms with E-state index in [4.69, 9.17) is 4.74 Å². The van der Waals surface area contributed by atoms with Gasteiger partial charge in [0.25, 0.3) is 5.91 Å². The highest BCUT2D eigenvalue weighted by molar-refractivity contribution is 5.79. The van der Waals surface area contributed by atoms with Gasteiger partial charge < -0.3 is 20.7 Å². The number of carbonyl (C=O) groups excluding carboxylic acids is 1. The quantitative estimate of drug-likeness (QED) is 0.494. The molecule has 0 spiro atoms. The number of ether oxygens (including phenoxy) is 1. The normalized spacial score (nSPS) is 11.0. The fourth-order valence-corrected chi connectivity index (χ4v) is 2.44. The Morgan fingerprint density at radius 2 is 1.70 bits per heavy atom. The van der Waals surface area contributed by atoms with E-state index in [2.05, 4.69) is 52.1 Å². The van der Waals surface area contributed by atoms with E-state index in [1.165, 1.54) is 11.1 Å². The van der Waals surface area contributed by atoms with Crippen LogP contribution in [0.15, 0.2) is 53.5 Å². The maximum atomic E-state index is 11.5. The van der Waals surface area contributed by atoms with Crippen molar-refractivity contribution in [2.24, 2.45) is 4.99 Å². The lowest BCUT2D eigenvalue weighted by Crippen LogP contribution is -2.36. The lowest BCUT2D eigenvalue weighted by molar-refractivity contribution is -0.122. The summed E-state index contributed by atoms with van der Waals surface area (Å²) in [6.07, 6.45) is 0. The van der Waals surface area contributed by atoms with Gasteiger partial charge in [0.2, 0.25) is 0 Å². The van der Waals surface area contributed by atoms with Crippen molar-refractivity contribution in [3.05, 3.63) is 65.2 Å². The summed E-state index contributed by atoms with van der Waals surface area (Å²) in [5, 5.41) is 9.29. The standard InChI is InChI=1S/C21H28N4O2/c1-4-23-20(26)15-27-19-7-5-6-18(12-19)14-25-21(22-3)24-13-17-10-8-16(2)9-11-17/h5-12H,4,13-15H2,1-3H3,(H,23,26)(H2,22,24,25). The van der Waals surface area contributed by atoms with Gasteiger partial charge in [-0.2, -0.15) is 0 Å². The molecule has 2 aromatic carbocycles. The van der Waals surface area contributed by atoms with Crippen LogP contribution in [0.3, 0.4) is 0 Å². The van der Waals surface area contributed by atoms with Crippen molar-refractivity contribution < 1.29 is 9.53 Å². The van der Waals surface area contributed by atoms with Crippen molar-refractivity contribution >= 4 is 11.9 Å². The average Bonchev–Trinajstić information content (AvgIpc) is 2.68. The summed E-state index contributed by atoms with van der Waals surface area (Å²) >= 11 is 0. The van der Waals surface area contributed by atoms with E-state index in [0.717, 1.165) is 11.5 Å². The lowest BCUT2D eigenvalue weighted by Gasteiger charge is -2.13. The molecule has 3 N–H and O–H groups in total. The van der Waals surface area contributed by atoms with Gasteiger partial charge in [-0.05, 0) is 37.1 Å². The lowest BCUT2D eigenvalue weighted by atomic mass is 10.1. The van der Waals surface area contributed by atoms with Crippen molar-refractivity contribution in [3.8, 4) is 5.75 Å². The molecule has 0 unspecified atom stereocenters. The zero-order valence-electron chi connectivity index (χ0n) is 16.2. The third-order valence-corrected chi connectivity index (χ3v) is 3.91. The average molecular weight is 368 g/mol. The Kier molecular flexibility index (Phi) is 8.16. The van der Waals surface area contributed by atoms with Crippen LogP contribution in [0, 0.1) is 6.92 Å². The maximum absolute atomic E-state index is 11.5. The number of rotatable bonds is 8. The van der Waals surface area contributed by atoms with Crippen molar-refractivity contribution in [1.29, 1.82) is 0 Å². The molecular weight excluding hydrogens is 340 g/mol. The number of benzene rings is 2. The number of aliphatic imine (C=N–C) groups is 1. The Hall–Kier alpha value is -3.02. The van der Waals surface area contributed by atoms with Crippen LogP contribution in [0.4, 0.5) is 0 Å². The molecule has 0 bridgehead atoms. The van der Waals surface area contributed by atoms with E-state index in [0.29, 0.717) is 25.4 Å². The molecule has 0 radical (unpaired) electrons. The molecular formula is C21H28N4O2. The van der Waals surface area contributed by atoms with Gasteiger partial charge >= 0.3 is 0 Å². The van der Waals surface area contributed by atoms with Gasteiger partial charge in [-0.1, -0.05) is 42.0 Å². The summed E-state index contributed by atoms with van der Waals surface area (Å²) in [5.74, 6) is 1.27. The first-order chi connectivity index (χ1) is 13.1. The first-order valence-corrected chi connectivity index (χ1v) is 9.09. The second-order valence-corrected chi connectivity index (χ2v) is 6.15. The number of nitrogens with one attached hydrogen (secondary N) is 3. The Morgan fingerprint density at radius 1 is 1.00 bits per heavy atom. The predicted molar refractivity (Wildman–Crippen MR) is 109 cm³/mol. The second-order valence-electron chi connectivity index (χ2n) is 6.15. The Bertz CT molecular complexity index is 757. The van der Waals surface area contributed by atoms with Crippen LogP contribution >= 0.6 is 0 Å². The summed E-state index contributed by atoms with van der Waals surface area (Å²) in [6, 6.07) is 16.1. The molecule has 6 nitrogen and oxygen atoms in total. The van der Waals surface area contributed by atoms with Crippen LogP contribution in [0.5, 0.6) is 5.75 Å². The number of likely N-dealkylation sites (N-methyl/N-ethyl adjacent to an activating group) is 1. The number of hydrogen-bond acceptors (Lipinski definition) is 3. The molecule has 0 saturated carbocycles. The van der Waals surface area contributed by atoms with E-state index in [1.54, 1.807) is 7.05 Å². The number of hydrogen-bond donors (Lipinski definition) is 3. The van der Waals surface area contributed by atoms with Gasteiger partial charge in [-0.15, -0.1) is 0 Å². The Balaban J connectivity index is 1.82. The predicted octanol–water partition coefficient (Wildman–Crippen LogP) is 2.38. The molecule has 0 aliphatic heterocycles. The Labute approximate surface area is 161 Å². The number of guanidine groups is 1. The summed E-state index contributed by atoms with van der Waals surface area (Å²) in [5.41, 5.74) is 3.49. The van der Waals surface area contributed by atoms with Crippen molar-refractivity contribution in [1.82, 2.24) is 16.0 Å². The highest BCUT2D eigenvalue weighted by Crippen LogP contribution is 2.13. The van der Waals surface area contributed by atoms with E-state index in [1.807, 2.05) is 31.2 Å². The molecule has 1 amide bonds. The van der Waals surface area contributed by atoms with Gasteiger partial charge in [0, 0.05) is 26.7 Å². The fraction of sp³-hybridized carbons (Fsp3) is 0.333. The van der Waals surface area contributed by atoms with Crippen molar-refractivity contribution in [2.45, 2.75) is 26.9 Å². The summed E-state index contributed by atoms with van der Waals surface area (Å²) < 4.78 is 5.52. The molecule has 2 rings (SSSR count). The first kappa shape index (κ1) is 20.3. The second kappa shape index (κ2) is 10.9. The van der Waals surface area contributed by atoms with Crippen LogP contribution in [0.1, 0.15) is 23.6 Å². The van der Waals surface area contributed by atoms with Crippen LogP contribution in [0.25, 0.3) is 0 Å². The molecule has 0 heterocycles. The summed E-state index contributed by atoms with van der Waals surface area (Å²) in [6.45, 7) is 5.88. The van der Waals surface area contributed by atoms with Crippen molar-refractivity contribution in [2.75, 3.05) is 20.2 Å². The minimum absolute atomic E-state index is 0.0183. The van der Waals surface area contributed by atoms with Gasteiger partial charge in [-0.25, -0.2) is 0 Å². The molecule has 144 valence electrons. The van der Waals surface area contributed by atoms with Gasteiger partial charge in [0.1, 0.15) is 5.75 Å². The SMILES string of the molecule is CCNC(=O)COc1cccc(CNC(=NC)NCc2ccc(C)cc2)c1. The van der Waals surface area contributed by atoms with Gasteiger partial charge in [0.15, 0.2) is 12.6 Å². The largest absolute Gasteiger partial charge is 0.484 e. The number of nitrogens with zero attached hydrogens (tertiary/aromatic N) is 1. The molecule has 0 saturated heterocycles. The van der Waals surface area contributed by atoms with E-state index in [9.17, 15) is 4.79 Å². The maximum Gasteiger partial charge on any atom is 0.257 e. The molecule has 0 aliphatic carbocycles. The molecule has 6 heteroatoms. The minimum atomic E-state index is -0.123. The summed E-state index contributed by atoms with van der Waals surface area (Å²) in [7, 11) is 1.75. The van der Waals surface area contributed by atoms with Crippen LogP contribution in [-0.2, 0) is 17.9 Å². The van der Waals surface area contributed by atoms with Crippen LogP contribution in [-0.4, -0.2) is 32.1 Å². The zero-order chi connectivity index (χ0) is 19.5.